The molecule has 1 N–H and O–H groups in total. The molecule has 0 atom stereocenters. The van der Waals surface area contributed by atoms with Gasteiger partial charge >= 0.3 is 5.97 Å². The molecule has 2 aromatic rings. The van der Waals surface area contributed by atoms with E-state index in [0.717, 1.165) is 11.5 Å². The first-order valence-electron chi connectivity index (χ1n) is 4.59. The standard InChI is InChI=1S/C11H11NO3/c1-12-8(4-5-10(12)11(13)14)7-9-3-2-6-15-9/h2-6H,7H2,1H3,(H,13,14). The third kappa shape index (κ3) is 1.79. The number of carboxylic acid groups (broad SMARTS) is 1. The Morgan fingerprint density at radius 3 is 2.80 bits per heavy atom. The lowest BCUT2D eigenvalue weighted by atomic mass is 10.2. The lowest BCUT2D eigenvalue weighted by molar-refractivity contribution is 0.0686. The molecule has 4 nitrogen and oxygen atoms in total. The molecule has 0 aliphatic heterocycles. The number of aromatic carboxylic acids is 1. The second-order valence-corrected chi connectivity index (χ2v) is 3.33. The predicted octanol–water partition coefficient (Wildman–Crippen LogP) is 1.91. The van der Waals surface area contributed by atoms with Crippen molar-refractivity contribution in [3.05, 3.63) is 47.7 Å². The maximum atomic E-state index is 10.8. The summed E-state index contributed by atoms with van der Waals surface area (Å²) in [6, 6.07) is 7.08. The van der Waals surface area contributed by atoms with Gasteiger partial charge < -0.3 is 14.1 Å². The van der Waals surface area contributed by atoms with E-state index in [1.807, 2.05) is 12.1 Å². The van der Waals surface area contributed by atoms with E-state index >= 15 is 0 Å². The number of carboxylic acids is 1. The van der Waals surface area contributed by atoms with Crippen LogP contribution in [0.4, 0.5) is 0 Å². The summed E-state index contributed by atoms with van der Waals surface area (Å²) in [6.07, 6.45) is 2.22. The normalized spacial score (nSPS) is 10.5. The highest BCUT2D eigenvalue weighted by atomic mass is 16.4. The van der Waals surface area contributed by atoms with Crippen LogP contribution in [-0.2, 0) is 13.5 Å². The minimum atomic E-state index is -0.914. The average Bonchev–Trinajstić information content (AvgIpc) is 2.78. The molecule has 2 heterocycles. The zero-order valence-corrected chi connectivity index (χ0v) is 8.30. The zero-order valence-electron chi connectivity index (χ0n) is 8.30. The van der Waals surface area contributed by atoms with Crippen molar-refractivity contribution in [2.75, 3.05) is 0 Å². The molecular weight excluding hydrogens is 194 g/mol. The maximum Gasteiger partial charge on any atom is 0.352 e. The summed E-state index contributed by atoms with van der Waals surface area (Å²) in [5.41, 5.74) is 1.21. The van der Waals surface area contributed by atoms with Gasteiger partial charge in [0.1, 0.15) is 11.5 Å². The van der Waals surface area contributed by atoms with Crippen LogP contribution in [0, 0.1) is 0 Å². The number of nitrogens with zero attached hydrogens (tertiary/aromatic N) is 1. The van der Waals surface area contributed by atoms with Gasteiger partial charge in [-0.25, -0.2) is 4.79 Å². The second kappa shape index (κ2) is 3.65. The zero-order chi connectivity index (χ0) is 10.8. The van der Waals surface area contributed by atoms with Crippen molar-refractivity contribution in [1.29, 1.82) is 0 Å². The lowest BCUT2D eigenvalue weighted by Gasteiger charge is -2.03. The van der Waals surface area contributed by atoms with Crippen LogP contribution in [-0.4, -0.2) is 15.6 Å². The minimum Gasteiger partial charge on any atom is -0.477 e. The van der Waals surface area contributed by atoms with E-state index in [9.17, 15) is 4.79 Å². The Labute approximate surface area is 86.8 Å². The Hall–Kier alpha value is -1.97. The van der Waals surface area contributed by atoms with Crippen LogP contribution in [0.5, 0.6) is 0 Å². The molecule has 0 aromatic carbocycles. The molecule has 0 bridgehead atoms. The average molecular weight is 205 g/mol. The molecule has 0 fully saturated rings. The maximum absolute atomic E-state index is 10.8. The monoisotopic (exact) mass is 205 g/mol. The first-order chi connectivity index (χ1) is 7.18. The Bertz CT molecular complexity index is 468. The van der Waals surface area contributed by atoms with E-state index in [1.54, 1.807) is 30.0 Å². The molecule has 0 unspecified atom stereocenters. The van der Waals surface area contributed by atoms with E-state index in [1.165, 1.54) is 0 Å². The Morgan fingerprint density at radius 2 is 2.27 bits per heavy atom. The van der Waals surface area contributed by atoms with Gasteiger partial charge in [0.2, 0.25) is 0 Å². The molecular formula is C11H11NO3. The van der Waals surface area contributed by atoms with Crippen LogP contribution in [0.2, 0.25) is 0 Å². The van der Waals surface area contributed by atoms with E-state index in [2.05, 4.69) is 0 Å². The number of rotatable bonds is 3. The number of furan rings is 1. The number of hydrogen-bond donors (Lipinski definition) is 1. The van der Waals surface area contributed by atoms with Gasteiger partial charge in [-0.2, -0.15) is 0 Å². The quantitative estimate of drug-likeness (QED) is 0.832. The molecule has 0 aliphatic carbocycles. The summed E-state index contributed by atoms with van der Waals surface area (Å²) in [5, 5.41) is 8.86. The SMILES string of the molecule is Cn1c(Cc2ccco2)ccc1C(=O)O. The van der Waals surface area contributed by atoms with Crippen molar-refractivity contribution in [2.24, 2.45) is 7.05 Å². The molecule has 15 heavy (non-hydrogen) atoms. The third-order valence-corrected chi connectivity index (χ3v) is 2.38. The topological polar surface area (TPSA) is 55.4 Å². The van der Waals surface area contributed by atoms with Crippen LogP contribution >= 0.6 is 0 Å². The van der Waals surface area contributed by atoms with Crippen LogP contribution in [0.1, 0.15) is 21.9 Å². The van der Waals surface area contributed by atoms with Gasteiger partial charge in [0, 0.05) is 19.2 Å². The molecule has 0 spiro atoms. The molecule has 0 saturated carbocycles. The van der Waals surface area contributed by atoms with Crippen molar-refractivity contribution >= 4 is 5.97 Å². The van der Waals surface area contributed by atoms with Gasteiger partial charge in [-0.05, 0) is 24.3 Å². The van der Waals surface area contributed by atoms with E-state index in [0.29, 0.717) is 6.42 Å². The van der Waals surface area contributed by atoms with Gasteiger partial charge in [-0.3, -0.25) is 0 Å². The van der Waals surface area contributed by atoms with Crippen molar-refractivity contribution in [2.45, 2.75) is 6.42 Å². The molecule has 2 rings (SSSR count). The van der Waals surface area contributed by atoms with Crippen LogP contribution in [0.3, 0.4) is 0 Å². The van der Waals surface area contributed by atoms with Crippen molar-refractivity contribution < 1.29 is 14.3 Å². The summed E-state index contributed by atoms with van der Waals surface area (Å²) < 4.78 is 6.86. The molecule has 0 amide bonds. The number of carbonyl (C=O) groups is 1. The van der Waals surface area contributed by atoms with E-state index in [4.69, 9.17) is 9.52 Å². The van der Waals surface area contributed by atoms with Gasteiger partial charge in [-0.1, -0.05) is 0 Å². The first-order valence-corrected chi connectivity index (χ1v) is 4.59. The Morgan fingerprint density at radius 1 is 1.47 bits per heavy atom. The lowest BCUT2D eigenvalue weighted by Crippen LogP contribution is -2.06. The number of aromatic nitrogens is 1. The van der Waals surface area contributed by atoms with Crippen molar-refractivity contribution in [1.82, 2.24) is 4.57 Å². The van der Waals surface area contributed by atoms with E-state index < -0.39 is 5.97 Å². The summed E-state index contributed by atoms with van der Waals surface area (Å²) >= 11 is 0. The van der Waals surface area contributed by atoms with Gasteiger partial charge in [0.05, 0.1) is 6.26 Å². The molecule has 0 saturated heterocycles. The fourth-order valence-corrected chi connectivity index (χ4v) is 1.54. The summed E-state index contributed by atoms with van der Waals surface area (Å²) in [4.78, 5) is 10.8. The summed E-state index contributed by atoms with van der Waals surface area (Å²) in [6.45, 7) is 0. The van der Waals surface area contributed by atoms with Crippen LogP contribution in [0.25, 0.3) is 0 Å². The summed E-state index contributed by atoms with van der Waals surface area (Å²) in [5.74, 6) is -0.0867. The largest absolute Gasteiger partial charge is 0.477 e. The van der Waals surface area contributed by atoms with Gasteiger partial charge in [0.25, 0.3) is 0 Å². The molecule has 0 aliphatic rings. The third-order valence-electron chi connectivity index (χ3n) is 2.38. The molecule has 4 heteroatoms. The fourth-order valence-electron chi connectivity index (χ4n) is 1.54. The van der Waals surface area contributed by atoms with E-state index in [-0.39, 0.29) is 5.69 Å². The second-order valence-electron chi connectivity index (χ2n) is 3.33. The number of hydrogen-bond acceptors (Lipinski definition) is 2. The Kier molecular flexibility index (Phi) is 2.33. The minimum absolute atomic E-state index is 0.288. The Balaban J connectivity index is 2.27. The molecule has 0 radical (unpaired) electrons. The first kappa shape index (κ1) is 9.58. The van der Waals surface area contributed by atoms with Crippen LogP contribution in [0.15, 0.2) is 34.9 Å². The predicted molar refractivity (Wildman–Crippen MR) is 53.9 cm³/mol. The highest BCUT2D eigenvalue weighted by Gasteiger charge is 2.11. The van der Waals surface area contributed by atoms with Crippen molar-refractivity contribution in [3.63, 3.8) is 0 Å². The highest BCUT2D eigenvalue weighted by Crippen LogP contribution is 2.13. The van der Waals surface area contributed by atoms with Gasteiger partial charge in [0.15, 0.2) is 0 Å². The molecule has 78 valence electrons. The van der Waals surface area contributed by atoms with Gasteiger partial charge in [-0.15, -0.1) is 0 Å². The summed E-state index contributed by atoms with van der Waals surface area (Å²) in [7, 11) is 1.74. The smallest absolute Gasteiger partial charge is 0.352 e. The van der Waals surface area contributed by atoms with Crippen molar-refractivity contribution in [3.8, 4) is 0 Å². The fraction of sp³-hybridized carbons (Fsp3) is 0.182. The van der Waals surface area contributed by atoms with Crippen LogP contribution < -0.4 is 0 Å². The molecule has 2 aromatic heterocycles. The highest BCUT2D eigenvalue weighted by molar-refractivity contribution is 5.86.